The largest absolute Gasteiger partial charge is 0.355 e. The Balaban J connectivity index is 0.000000963. The average molecular weight is 210 g/mol. The van der Waals surface area contributed by atoms with Crippen molar-refractivity contribution in [3.63, 3.8) is 0 Å². The average Bonchev–Trinajstić information content (AvgIpc) is 2.74. The fourth-order valence-electron chi connectivity index (χ4n) is 1.85. The van der Waals surface area contributed by atoms with Crippen molar-refractivity contribution in [3.05, 3.63) is 60.7 Å². The number of hydrogen-bond donors (Lipinski definition) is 2. The van der Waals surface area contributed by atoms with Crippen LogP contribution in [0.3, 0.4) is 0 Å². The SMILES string of the molecule is N.c1ccc(-c2cc3ccccc3[nH]2)cc1. The minimum absolute atomic E-state index is 0. The molecular weight excluding hydrogens is 196 g/mol. The lowest BCUT2D eigenvalue weighted by molar-refractivity contribution is 1.45. The second-order valence-electron chi connectivity index (χ2n) is 3.64. The van der Waals surface area contributed by atoms with Crippen molar-refractivity contribution in [2.75, 3.05) is 0 Å². The molecule has 0 aliphatic carbocycles. The van der Waals surface area contributed by atoms with Crippen LogP contribution in [0.5, 0.6) is 0 Å². The predicted molar refractivity (Wildman–Crippen MR) is 68.8 cm³/mol. The Morgan fingerprint density at radius 2 is 1.44 bits per heavy atom. The van der Waals surface area contributed by atoms with Crippen molar-refractivity contribution in [2.24, 2.45) is 0 Å². The molecule has 0 saturated carbocycles. The van der Waals surface area contributed by atoms with Gasteiger partial charge in [0.25, 0.3) is 0 Å². The van der Waals surface area contributed by atoms with E-state index >= 15 is 0 Å². The van der Waals surface area contributed by atoms with Crippen LogP contribution in [-0.4, -0.2) is 4.98 Å². The van der Waals surface area contributed by atoms with Gasteiger partial charge in [0.1, 0.15) is 0 Å². The number of H-pyrrole nitrogens is 1. The van der Waals surface area contributed by atoms with Gasteiger partial charge in [0.2, 0.25) is 0 Å². The van der Waals surface area contributed by atoms with Crippen molar-refractivity contribution in [1.82, 2.24) is 11.1 Å². The monoisotopic (exact) mass is 210 g/mol. The number of hydrogen-bond acceptors (Lipinski definition) is 1. The quantitative estimate of drug-likeness (QED) is 0.626. The zero-order chi connectivity index (χ0) is 10.1. The number of para-hydroxylation sites is 1. The van der Waals surface area contributed by atoms with Crippen LogP contribution in [0.4, 0.5) is 0 Å². The van der Waals surface area contributed by atoms with Crippen molar-refractivity contribution in [1.29, 1.82) is 0 Å². The maximum atomic E-state index is 3.41. The van der Waals surface area contributed by atoms with Crippen molar-refractivity contribution in [3.8, 4) is 11.3 Å². The smallest absolute Gasteiger partial charge is 0.0464 e. The van der Waals surface area contributed by atoms with Crippen LogP contribution in [0.1, 0.15) is 0 Å². The summed E-state index contributed by atoms with van der Waals surface area (Å²) < 4.78 is 0. The van der Waals surface area contributed by atoms with E-state index in [0.717, 1.165) is 0 Å². The molecular formula is C14H14N2. The second-order valence-corrected chi connectivity index (χ2v) is 3.64. The summed E-state index contributed by atoms with van der Waals surface area (Å²) in [5.74, 6) is 0. The third-order valence-corrected chi connectivity index (χ3v) is 2.61. The summed E-state index contributed by atoms with van der Waals surface area (Å²) in [6.45, 7) is 0. The number of aromatic nitrogens is 1. The summed E-state index contributed by atoms with van der Waals surface area (Å²) in [5.41, 5.74) is 3.60. The lowest BCUT2D eigenvalue weighted by Gasteiger charge is -1.94. The first-order valence-electron chi connectivity index (χ1n) is 5.07. The lowest BCUT2D eigenvalue weighted by atomic mass is 10.1. The normalized spacial score (nSPS) is 10.0. The molecule has 3 rings (SSSR count). The maximum absolute atomic E-state index is 3.41. The Bertz CT molecular complexity index is 549. The van der Waals surface area contributed by atoms with E-state index in [0.29, 0.717) is 0 Å². The lowest BCUT2D eigenvalue weighted by Crippen LogP contribution is -1.74. The summed E-state index contributed by atoms with van der Waals surface area (Å²) in [7, 11) is 0. The van der Waals surface area contributed by atoms with Gasteiger partial charge >= 0.3 is 0 Å². The van der Waals surface area contributed by atoms with Gasteiger partial charge in [-0.1, -0.05) is 48.5 Å². The van der Waals surface area contributed by atoms with Gasteiger partial charge in [-0.25, -0.2) is 0 Å². The van der Waals surface area contributed by atoms with Gasteiger partial charge in [0.15, 0.2) is 0 Å². The van der Waals surface area contributed by atoms with Gasteiger partial charge in [-0.05, 0) is 17.7 Å². The Hall–Kier alpha value is -2.06. The molecule has 2 nitrogen and oxygen atoms in total. The molecule has 0 atom stereocenters. The number of nitrogens with one attached hydrogen (secondary N) is 1. The number of benzene rings is 2. The topological polar surface area (TPSA) is 50.8 Å². The van der Waals surface area contributed by atoms with Crippen LogP contribution in [0.15, 0.2) is 60.7 Å². The van der Waals surface area contributed by atoms with E-state index in [-0.39, 0.29) is 6.15 Å². The maximum Gasteiger partial charge on any atom is 0.0464 e. The minimum atomic E-state index is 0. The number of fused-ring (bicyclic) bond motifs is 1. The Kier molecular flexibility index (Phi) is 2.75. The van der Waals surface area contributed by atoms with E-state index in [1.165, 1.54) is 22.2 Å². The Morgan fingerprint density at radius 3 is 2.19 bits per heavy atom. The van der Waals surface area contributed by atoms with Crippen molar-refractivity contribution < 1.29 is 0 Å². The van der Waals surface area contributed by atoms with Crippen molar-refractivity contribution >= 4 is 10.9 Å². The van der Waals surface area contributed by atoms with Crippen molar-refractivity contribution in [2.45, 2.75) is 0 Å². The molecule has 3 aromatic rings. The van der Waals surface area contributed by atoms with E-state index in [1.54, 1.807) is 0 Å². The second kappa shape index (κ2) is 4.21. The zero-order valence-electron chi connectivity index (χ0n) is 8.98. The van der Waals surface area contributed by atoms with Crippen LogP contribution in [0.2, 0.25) is 0 Å². The highest BCUT2D eigenvalue weighted by atomic mass is 14.7. The van der Waals surface area contributed by atoms with Gasteiger partial charge in [0, 0.05) is 16.6 Å². The molecule has 0 amide bonds. The van der Waals surface area contributed by atoms with E-state index in [1.807, 2.05) is 12.1 Å². The van der Waals surface area contributed by atoms with Crippen LogP contribution in [0, 0.1) is 0 Å². The Labute approximate surface area is 94.5 Å². The van der Waals surface area contributed by atoms with Gasteiger partial charge in [-0.2, -0.15) is 0 Å². The Morgan fingerprint density at radius 1 is 0.750 bits per heavy atom. The summed E-state index contributed by atoms with van der Waals surface area (Å²) in [6.07, 6.45) is 0. The van der Waals surface area contributed by atoms with Crippen LogP contribution >= 0.6 is 0 Å². The predicted octanol–water partition coefficient (Wildman–Crippen LogP) is 4.00. The van der Waals surface area contributed by atoms with Crippen LogP contribution in [-0.2, 0) is 0 Å². The molecule has 16 heavy (non-hydrogen) atoms. The highest BCUT2D eigenvalue weighted by molar-refractivity contribution is 5.85. The summed E-state index contributed by atoms with van der Waals surface area (Å²) >= 11 is 0. The molecule has 0 spiro atoms. The van der Waals surface area contributed by atoms with Gasteiger partial charge in [-0.15, -0.1) is 0 Å². The van der Waals surface area contributed by atoms with E-state index in [9.17, 15) is 0 Å². The molecule has 4 N–H and O–H groups in total. The first-order valence-corrected chi connectivity index (χ1v) is 5.07. The molecule has 2 heteroatoms. The molecule has 0 radical (unpaired) electrons. The minimum Gasteiger partial charge on any atom is -0.355 e. The molecule has 0 aliphatic heterocycles. The van der Waals surface area contributed by atoms with Crippen LogP contribution < -0.4 is 6.15 Å². The van der Waals surface area contributed by atoms with Gasteiger partial charge < -0.3 is 11.1 Å². The van der Waals surface area contributed by atoms with E-state index < -0.39 is 0 Å². The third kappa shape index (κ3) is 1.71. The fraction of sp³-hybridized carbons (Fsp3) is 0. The number of rotatable bonds is 1. The van der Waals surface area contributed by atoms with E-state index in [2.05, 4.69) is 53.5 Å². The van der Waals surface area contributed by atoms with Crippen LogP contribution in [0.25, 0.3) is 22.2 Å². The fourth-order valence-corrected chi connectivity index (χ4v) is 1.85. The molecule has 0 aliphatic rings. The standard InChI is InChI=1S/C14H11N.H3N/c1-2-6-11(7-3-1)14-10-12-8-4-5-9-13(12)15-14;/h1-10,15H;1H3. The highest BCUT2D eigenvalue weighted by Gasteiger charge is 2.00. The third-order valence-electron chi connectivity index (χ3n) is 2.61. The molecule has 1 heterocycles. The zero-order valence-corrected chi connectivity index (χ0v) is 8.98. The molecule has 0 saturated heterocycles. The first-order chi connectivity index (χ1) is 7.43. The number of aromatic amines is 1. The summed E-state index contributed by atoms with van der Waals surface area (Å²) in [4.78, 5) is 3.41. The van der Waals surface area contributed by atoms with Gasteiger partial charge in [0.05, 0.1) is 0 Å². The molecule has 0 fully saturated rings. The molecule has 0 unspecified atom stereocenters. The van der Waals surface area contributed by atoms with Gasteiger partial charge in [-0.3, -0.25) is 0 Å². The highest BCUT2D eigenvalue weighted by Crippen LogP contribution is 2.23. The molecule has 1 aromatic heterocycles. The molecule has 2 aromatic carbocycles. The summed E-state index contributed by atoms with van der Waals surface area (Å²) in [6, 6.07) is 20.9. The van der Waals surface area contributed by atoms with E-state index in [4.69, 9.17) is 0 Å². The summed E-state index contributed by atoms with van der Waals surface area (Å²) in [5, 5.41) is 1.26. The molecule has 80 valence electrons. The molecule has 0 bridgehead atoms. The first kappa shape index (κ1) is 10.5.